The van der Waals surface area contributed by atoms with Crippen LogP contribution < -0.4 is 173 Å². The molecule has 530 valence electrons. The van der Waals surface area contributed by atoms with E-state index in [1.54, 1.807) is 0 Å². The van der Waals surface area contributed by atoms with Crippen LogP contribution in [0.4, 0.5) is 0 Å². The fraction of sp³-hybridized carbons (Fsp3) is 0.918. The van der Waals surface area contributed by atoms with E-state index < -0.39 is 172 Å². The van der Waals surface area contributed by atoms with E-state index in [1.165, 1.54) is 39.5 Å². The van der Waals surface area contributed by atoms with Crippen molar-refractivity contribution in [2.24, 2.45) is 0 Å². The quantitative estimate of drug-likeness (QED) is 0.0477. The van der Waals surface area contributed by atoms with Gasteiger partial charge in [0.1, 0.15) is 113 Å². The molecule has 24 atom stereocenters. The molecule has 0 radical (unpaired) electrons. The largest absolute Gasteiger partial charge is 1.00 e. The van der Waals surface area contributed by atoms with E-state index in [9.17, 15) is 101 Å². The number of aliphatic hydroxyl groups excluding tert-OH is 2. The van der Waals surface area contributed by atoms with Crippen LogP contribution in [-0.2, 0) is 71.3 Å². The summed E-state index contributed by atoms with van der Waals surface area (Å²) in [6.07, 6.45) is 0.640. The monoisotopic (exact) mass is 1430 g/mol. The molecule has 0 bridgehead atoms. The topological polar surface area (TPSA) is 495 Å². The summed E-state index contributed by atoms with van der Waals surface area (Å²) >= 11 is 0. The van der Waals surface area contributed by atoms with Crippen LogP contribution in [0, 0.1) is 0 Å². The molecule has 0 spiro atoms. The van der Waals surface area contributed by atoms with Crippen molar-refractivity contribution in [2.45, 2.75) is 347 Å². The minimum Gasteiger partial charge on any atom is -0.547 e. The van der Waals surface area contributed by atoms with Crippen molar-refractivity contribution in [3.8, 4) is 0 Å². The Hall–Kier alpha value is 1.55. The second-order valence-electron chi connectivity index (χ2n) is 29.6. The SMILES string of the molecule is CCCCCC.CO[C@]1(C)C(C)(C(=O)[O-])O[C@@](C)(O[C@@]2(C)C(O)C(C)(O)[C@](C)(O[C@]3(C)C(C)(C(=O)[O-])O[C@@](C)(O[C@@]4(C)C(C)(O)C(C)(O)[C@](C)(O[C@]5(C)C(C)(C(=O)[O-])OC(C)(C)[C@@H](O)C5(C)O)O[C@@]4(C)C(=O)[O-])C(C)(O)[C@@]3(C)O)O[C@@]2(C)C(=O)[O-])[C@@](C)(O)C1(C)O.[Na+].[Na+].[Na+].[Na+].[Na+]. The molecule has 0 saturated carbocycles. The van der Waals surface area contributed by atoms with Crippen molar-refractivity contribution in [3.63, 3.8) is 0 Å². The average Bonchev–Trinajstić information content (AvgIpc) is 0.666. The molecule has 0 aliphatic carbocycles. The van der Waals surface area contributed by atoms with E-state index in [2.05, 4.69) is 13.8 Å². The average molecular weight is 1430 g/mol. The summed E-state index contributed by atoms with van der Waals surface area (Å²) in [5.41, 5.74) is -58.2. The molecule has 5 aliphatic rings. The maximum atomic E-state index is 14.0. The third-order valence-corrected chi connectivity index (χ3v) is 24.0. The van der Waals surface area contributed by atoms with E-state index in [4.69, 9.17) is 47.4 Å². The van der Waals surface area contributed by atoms with Gasteiger partial charge in [0.25, 0.3) is 0 Å². The number of carboxylic acids is 5. The van der Waals surface area contributed by atoms with Crippen LogP contribution >= 0.6 is 0 Å². The summed E-state index contributed by atoms with van der Waals surface area (Å²) in [4.78, 5) is 67.7. The van der Waals surface area contributed by atoms with Gasteiger partial charge in [-0.3, -0.25) is 0 Å². The van der Waals surface area contributed by atoms with Gasteiger partial charge in [-0.15, -0.1) is 0 Å². The Kier molecular flexibility index (Phi) is 30.0. The smallest absolute Gasteiger partial charge is 0.547 e. The van der Waals surface area contributed by atoms with E-state index in [-0.39, 0.29) is 148 Å². The molecule has 10 unspecified atom stereocenters. The first-order valence-corrected chi connectivity index (χ1v) is 30.0. The maximum absolute atomic E-state index is 14.0. The molecule has 35 heteroatoms. The van der Waals surface area contributed by atoms with Crippen LogP contribution in [0.1, 0.15) is 206 Å². The second-order valence-corrected chi connectivity index (χ2v) is 29.6. The first kappa shape index (κ1) is 99.6. The molecular formula is C61H101Na5O30. The fourth-order valence-electron chi connectivity index (χ4n) is 14.5. The van der Waals surface area contributed by atoms with Crippen molar-refractivity contribution < 1.29 is 296 Å². The van der Waals surface area contributed by atoms with E-state index >= 15 is 0 Å². The number of methoxy groups -OCH3 is 1. The normalized spacial score (nSPS) is 51.9. The number of carbonyl (C=O) groups is 5. The summed E-state index contributed by atoms with van der Waals surface area (Å²) in [6, 6.07) is 0. The molecule has 0 amide bonds. The third kappa shape index (κ3) is 12.7. The minimum absolute atomic E-state index is 0. The molecular weight excluding hydrogens is 1330 g/mol. The Labute approximate surface area is 673 Å². The number of unbranched alkanes of at least 4 members (excludes halogenated alkanes) is 3. The van der Waals surface area contributed by atoms with Crippen LogP contribution in [-0.4, -0.2) is 230 Å². The number of ether oxygens (including phenoxy) is 10. The zero-order valence-corrected chi connectivity index (χ0v) is 72.6. The predicted octanol–water partition coefficient (Wildman–Crippen LogP) is -19.8. The predicted molar refractivity (Wildman–Crippen MR) is 300 cm³/mol. The molecule has 5 fully saturated rings. The van der Waals surface area contributed by atoms with Crippen LogP contribution in [0.25, 0.3) is 0 Å². The molecule has 30 nitrogen and oxygen atoms in total. The molecule has 0 aromatic heterocycles. The van der Waals surface area contributed by atoms with Gasteiger partial charge in [-0.25, -0.2) is 0 Å². The number of hydrogen-bond acceptors (Lipinski definition) is 30. The van der Waals surface area contributed by atoms with Gasteiger partial charge in [-0.05, 0) is 166 Å². The summed E-state index contributed by atoms with van der Waals surface area (Å²) in [6.45, 7) is 24.0. The first-order chi connectivity index (χ1) is 39.9. The van der Waals surface area contributed by atoms with Crippen molar-refractivity contribution in [1.29, 1.82) is 0 Å². The third-order valence-electron chi connectivity index (χ3n) is 24.0. The van der Waals surface area contributed by atoms with Crippen LogP contribution in [0.3, 0.4) is 0 Å². The van der Waals surface area contributed by atoms with Crippen molar-refractivity contribution in [1.82, 2.24) is 0 Å². The number of rotatable bonds is 17. The standard InChI is InChI=1S/C55H92O30.C6H14.5Na/c1-33(2)26(56)34(3,68)48(17,38(7,77-33)29(60)61)83-54(23)46(15,74)44(13,72)51(20,41(10,81-54)32(66)67)85-55(24)47(16,75)43(12,71)50(19,40(9,82-55)31(64)65)84-52(21)35(4,69)27(57)36(5,37(6,79-52)28(58)59)78-53(22)45(14,73)42(11,70)49(18,76-25)39(8,80-53)30(62)63;1-3-5-6-4-2;;;;;/h26-27,56-57,68-75H,1-25H3,(H,58,59)(H,60,61)(H,62,63)(H,64,65)(H,66,67);3-6H2,1-2H3;;;;;/q;;5*+1/p-5/t26-,27?,34?,35?,36+,37+,38?,39?,40?,41+,42?,43-,44?,45+,46?,47?,48+,49-,50-,51-,52+,53-,54+,55+;;;;;;/m1....../s1. The Bertz CT molecular complexity index is 2890. The Morgan fingerprint density at radius 3 is 0.854 bits per heavy atom. The zero-order valence-electron chi connectivity index (χ0n) is 62.6. The van der Waals surface area contributed by atoms with Crippen LogP contribution in [0.5, 0.6) is 0 Å². The second kappa shape index (κ2) is 28.9. The van der Waals surface area contributed by atoms with Crippen molar-refractivity contribution in [2.75, 3.05) is 7.11 Å². The number of aliphatic hydroxyl groups is 10. The van der Waals surface area contributed by atoms with E-state index in [0.717, 1.165) is 97.1 Å². The van der Waals surface area contributed by atoms with Gasteiger partial charge in [0.2, 0.25) is 0 Å². The minimum atomic E-state index is -3.48. The summed E-state index contributed by atoms with van der Waals surface area (Å²) in [5.74, 6) is -24.2. The number of carboxylic acid groups (broad SMARTS) is 5. The van der Waals surface area contributed by atoms with Crippen molar-refractivity contribution in [3.05, 3.63) is 0 Å². The maximum Gasteiger partial charge on any atom is 1.00 e. The van der Waals surface area contributed by atoms with Crippen molar-refractivity contribution >= 4 is 29.8 Å². The van der Waals surface area contributed by atoms with Gasteiger partial charge >= 0.3 is 148 Å². The van der Waals surface area contributed by atoms with Gasteiger partial charge in [0.05, 0.1) is 35.4 Å². The van der Waals surface area contributed by atoms with E-state index in [1.807, 2.05) is 0 Å². The first-order valence-electron chi connectivity index (χ1n) is 30.0. The van der Waals surface area contributed by atoms with Crippen LogP contribution in [0.15, 0.2) is 0 Å². The van der Waals surface area contributed by atoms with Gasteiger partial charge in [0.15, 0.2) is 23.1 Å². The number of aliphatic carboxylic acids is 5. The Morgan fingerprint density at radius 2 is 0.573 bits per heavy atom. The summed E-state index contributed by atoms with van der Waals surface area (Å²) < 4.78 is 60.9. The number of hydrogen-bond donors (Lipinski definition) is 10. The molecule has 5 rings (SSSR count). The Balaban J connectivity index is 0. The summed E-state index contributed by atoms with van der Waals surface area (Å²) in [7, 11) is 0.967. The molecule has 0 aromatic rings. The Morgan fingerprint density at radius 1 is 0.333 bits per heavy atom. The van der Waals surface area contributed by atoms with Gasteiger partial charge in [-0.2, -0.15) is 0 Å². The van der Waals surface area contributed by atoms with E-state index in [0.29, 0.717) is 62.3 Å². The zero-order chi connectivity index (χ0) is 72.4. The summed E-state index contributed by atoms with van der Waals surface area (Å²) in [5, 5.41) is 193. The van der Waals surface area contributed by atoms with Crippen LogP contribution in [0.2, 0.25) is 0 Å². The molecule has 96 heavy (non-hydrogen) atoms. The number of carbonyl (C=O) groups excluding carboxylic acids is 5. The molecule has 5 heterocycles. The van der Waals surface area contributed by atoms with Gasteiger partial charge in [0, 0.05) is 7.11 Å². The van der Waals surface area contributed by atoms with Gasteiger partial charge < -0.3 is 148 Å². The van der Waals surface area contributed by atoms with Gasteiger partial charge in [-0.1, -0.05) is 39.5 Å². The fourth-order valence-corrected chi connectivity index (χ4v) is 14.5. The molecule has 5 aliphatic heterocycles. The molecule has 5 saturated heterocycles. The molecule has 10 N–H and O–H groups in total. The molecule has 0 aromatic carbocycles.